The molecular formula is C22H17N7O2. The molecule has 0 fully saturated rings. The minimum absolute atomic E-state index is 0.184. The number of hydrogen-bond donors (Lipinski definition) is 1. The summed E-state index contributed by atoms with van der Waals surface area (Å²) >= 11 is 0. The van der Waals surface area contributed by atoms with Crippen LogP contribution in [0.5, 0.6) is 5.75 Å². The predicted molar refractivity (Wildman–Crippen MR) is 117 cm³/mol. The molecule has 0 aliphatic carbocycles. The van der Waals surface area contributed by atoms with E-state index < -0.39 is 5.56 Å². The van der Waals surface area contributed by atoms with E-state index in [9.17, 15) is 4.79 Å². The zero-order chi connectivity index (χ0) is 21.4. The van der Waals surface area contributed by atoms with Crippen molar-refractivity contribution >= 4 is 28.2 Å². The average molecular weight is 411 g/mol. The number of benzene rings is 2. The van der Waals surface area contributed by atoms with Gasteiger partial charge in [-0.25, -0.2) is 15.0 Å². The van der Waals surface area contributed by atoms with Gasteiger partial charge in [0.05, 0.1) is 18.8 Å². The van der Waals surface area contributed by atoms with Gasteiger partial charge < -0.3 is 10.1 Å². The van der Waals surface area contributed by atoms with Gasteiger partial charge in [0.25, 0.3) is 5.56 Å². The summed E-state index contributed by atoms with van der Waals surface area (Å²) < 4.78 is 6.92. The van der Waals surface area contributed by atoms with E-state index in [0.717, 1.165) is 22.0 Å². The molecule has 2 aromatic carbocycles. The van der Waals surface area contributed by atoms with Gasteiger partial charge in [-0.15, -0.1) is 5.10 Å². The Morgan fingerprint density at radius 3 is 2.81 bits per heavy atom. The number of anilines is 2. The van der Waals surface area contributed by atoms with Crippen molar-refractivity contribution < 1.29 is 4.74 Å². The number of methoxy groups -OCH3 is 1. The van der Waals surface area contributed by atoms with E-state index in [0.29, 0.717) is 23.2 Å². The summed E-state index contributed by atoms with van der Waals surface area (Å²) in [6, 6.07) is 13.3. The van der Waals surface area contributed by atoms with Crippen LogP contribution in [0.4, 0.5) is 11.6 Å². The van der Waals surface area contributed by atoms with Gasteiger partial charge >= 0.3 is 0 Å². The number of fused-ring (bicyclic) bond motifs is 3. The fourth-order valence-electron chi connectivity index (χ4n) is 3.37. The Balaban J connectivity index is 1.77. The lowest BCUT2D eigenvalue weighted by atomic mass is 10.1. The predicted octanol–water partition coefficient (Wildman–Crippen LogP) is 3.16. The Morgan fingerprint density at radius 2 is 1.94 bits per heavy atom. The molecule has 31 heavy (non-hydrogen) atoms. The van der Waals surface area contributed by atoms with Crippen molar-refractivity contribution in [1.29, 1.82) is 0 Å². The minimum Gasteiger partial charge on any atom is -0.497 e. The molecule has 9 nitrogen and oxygen atoms in total. The zero-order valence-electron chi connectivity index (χ0n) is 16.8. The van der Waals surface area contributed by atoms with Gasteiger partial charge in [0.1, 0.15) is 11.4 Å². The monoisotopic (exact) mass is 411 g/mol. The van der Waals surface area contributed by atoms with E-state index in [-0.39, 0.29) is 5.69 Å². The molecule has 0 spiro atoms. The first-order valence-electron chi connectivity index (χ1n) is 9.52. The second-order valence-electron chi connectivity index (χ2n) is 6.86. The van der Waals surface area contributed by atoms with Crippen LogP contribution >= 0.6 is 0 Å². The van der Waals surface area contributed by atoms with Crippen molar-refractivity contribution in [3.63, 3.8) is 0 Å². The number of aryl methyl sites for hydroxylation is 1. The second kappa shape index (κ2) is 7.45. The lowest BCUT2D eigenvalue weighted by molar-refractivity contribution is 0.415. The smallest absolute Gasteiger partial charge is 0.295 e. The molecule has 0 saturated heterocycles. The summed E-state index contributed by atoms with van der Waals surface area (Å²) in [5.74, 6) is 1.55. The van der Waals surface area contributed by atoms with Crippen LogP contribution in [-0.2, 0) is 0 Å². The standard InChI is InChI=1S/C22H17N7O2/c1-13-5-3-8-16-18(13)20-27-19(14-6-4-7-15(11-14)31-2)28-29(20)22(25-16)26-17-12-23-9-10-24-21(17)30/h3-12H,1-2H3,(H,24,25,26,30). The molecule has 0 aliphatic rings. The number of rotatable bonds is 4. The van der Waals surface area contributed by atoms with Crippen molar-refractivity contribution in [2.45, 2.75) is 6.92 Å². The highest BCUT2D eigenvalue weighted by atomic mass is 16.5. The maximum atomic E-state index is 12.3. The fraction of sp³-hybridized carbons (Fsp3) is 0.0909. The van der Waals surface area contributed by atoms with Crippen molar-refractivity contribution in [1.82, 2.24) is 29.5 Å². The molecule has 0 amide bonds. The normalized spacial score (nSPS) is 11.0. The number of ether oxygens (including phenoxy) is 1. The molecule has 3 heterocycles. The van der Waals surface area contributed by atoms with Crippen LogP contribution in [0.25, 0.3) is 27.9 Å². The molecule has 3 aromatic heterocycles. The Bertz CT molecular complexity index is 1500. The molecule has 0 radical (unpaired) electrons. The molecule has 1 N–H and O–H groups in total. The van der Waals surface area contributed by atoms with Crippen molar-refractivity contribution in [3.8, 4) is 17.1 Å². The highest BCUT2D eigenvalue weighted by molar-refractivity contribution is 5.95. The molecule has 152 valence electrons. The first-order chi connectivity index (χ1) is 15.1. The summed E-state index contributed by atoms with van der Waals surface area (Å²) in [5, 5.41) is 8.58. The van der Waals surface area contributed by atoms with Crippen LogP contribution in [-0.4, -0.2) is 36.7 Å². The SMILES string of the molecule is COc1cccc(-c2nc3c4c(C)cccc4nc(Nc4cnccnc4=O)n3n2)c1. The van der Waals surface area contributed by atoms with E-state index >= 15 is 0 Å². The second-order valence-corrected chi connectivity index (χ2v) is 6.86. The van der Waals surface area contributed by atoms with E-state index in [1.165, 1.54) is 18.6 Å². The molecule has 5 aromatic rings. The Hall–Kier alpha value is -4.40. The summed E-state index contributed by atoms with van der Waals surface area (Å²) in [6.45, 7) is 2.00. The highest BCUT2D eigenvalue weighted by Crippen LogP contribution is 2.28. The van der Waals surface area contributed by atoms with Gasteiger partial charge in [0.15, 0.2) is 11.5 Å². The quantitative estimate of drug-likeness (QED) is 0.481. The van der Waals surface area contributed by atoms with Gasteiger partial charge in [-0.05, 0) is 30.7 Å². The maximum absolute atomic E-state index is 12.3. The van der Waals surface area contributed by atoms with Gasteiger partial charge in [-0.3, -0.25) is 9.78 Å². The van der Waals surface area contributed by atoms with Crippen molar-refractivity contribution in [3.05, 3.63) is 77.0 Å². The third kappa shape index (κ3) is 3.31. The van der Waals surface area contributed by atoms with Gasteiger partial charge in [-0.1, -0.05) is 24.3 Å². The lowest BCUT2D eigenvalue weighted by Gasteiger charge is -2.08. The average Bonchev–Trinajstić information content (AvgIpc) is 3.14. The maximum Gasteiger partial charge on any atom is 0.295 e. The first-order valence-corrected chi connectivity index (χ1v) is 9.52. The largest absolute Gasteiger partial charge is 0.497 e. The molecular weight excluding hydrogens is 394 g/mol. The molecule has 0 bridgehead atoms. The topological polar surface area (TPSA) is 107 Å². The number of nitrogens with one attached hydrogen (secondary N) is 1. The molecule has 0 unspecified atom stereocenters. The summed E-state index contributed by atoms with van der Waals surface area (Å²) in [6.07, 6.45) is 4.19. The van der Waals surface area contributed by atoms with Gasteiger partial charge in [0.2, 0.25) is 5.95 Å². The van der Waals surface area contributed by atoms with Crippen LogP contribution < -0.4 is 15.6 Å². The van der Waals surface area contributed by atoms with Crippen LogP contribution in [0.3, 0.4) is 0 Å². The zero-order valence-corrected chi connectivity index (χ0v) is 16.8. The Labute approximate surface area is 176 Å². The fourth-order valence-corrected chi connectivity index (χ4v) is 3.37. The summed E-state index contributed by atoms with van der Waals surface area (Å²) in [5.41, 5.74) is 2.90. The first kappa shape index (κ1) is 18.6. The van der Waals surface area contributed by atoms with Crippen molar-refractivity contribution in [2.75, 3.05) is 12.4 Å². The number of nitrogens with zero attached hydrogens (tertiary/aromatic N) is 6. The van der Waals surface area contributed by atoms with Crippen LogP contribution in [0.2, 0.25) is 0 Å². The lowest BCUT2D eigenvalue weighted by Crippen LogP contribution is -2.12. The molecule has 0 atom stereocenters. The molecule has 5 rings (SSSR count). The van der Waals surface area contributed by atoms with Crippen LogP contribution in [0.1, 0.15) is 5.56 Å². The third-order valence-electron chi connectivity index (χ3n) is 4.86. The Morgan fingerprint density at radius 1 is 1.06 bits per heavy atom. The van der Waals surface area contributed by atoms with Crippen LogP contribution in [0.15, 0.2) is 65.8 Å². The Kier molecular flexibility index (Phi) is 4.47. The van der Waals surface area contributed by atoms with Gasteiger partial charge in [-0.2, -0.15) is 4.52 Å². The van der Waals surface area contributed by atoms with Crippen molar-refractivity contribution in [2.24, 2.45) is 0 Å². The minimum atomic E-state index is -0.454. The van der Waals surface area contributed by atoms with Crippen LogP contribution in [0, 0.1) is 6.92 Å². The summed E-state index contributed by atoms with van der Waals surface area (Å²) in [7, 11) is 1.61. The molecule has 0 aliphatic heterocycles. The molecule has 9 heteroatoms. The van der Waals surface area contributed by atoms with E-state index in [1.54, 1.807) is 11.6 Å². The molecule has 0 saturated carbocycles. The highest BCUT2D eigenvalue weighted by Gasteiger charge is 2.17. The summed E-state index contributed by atoms with van der Waals surface area (Å²) in [4.78, 5) is 29.6. The van der Waals surface area contributed by atoms with E-state index in [2.05, 4.69) is 20.4 Å². The van der Waals surface area contributed by atoms with Gasteiger partial charge in [0, 0.05) is 23.3 Å². The van der Waals surface area contributed by atoms with E-state index in [4.69, 9.17) is 14.7 Å². The third-order valence-corrected chi connectivity index (χ3v) is 4.86. The number of aromatic nitrogens is 6. The number of hydrogen-bond acceptors (Lipinski definition) is 8. The van der Waals surface area contributed by atoms with E-state index in [1.807, 2.05) is 49.4 Å².